The van der Waals surface area contributed by atoms with E-state index in [-0.39, 0.29) is 5.56 Å². The lowest BCUT2D eigenvalue weighted by molar-refractivity contribution is 0.460. The summed E-state index contributed by atoms with van der Waals surface area (Å²) >= 11 is 0. The van der Waals surface area contributed by atoms with Crippen molar-refractivity contribution in [1.82, 2.24) is 25.3 Å². The van der Waals surface area contributed by atoms with Crippen molar-refractivity contribution in [2.45, 2.75) is 18.8 Å². The zero-order valence-electron chi connectivity index (χ0n) is 16.4. The fourth-order valence-electron chi connectivity index (χ4n) is 3.98. The number of aromatic amines is 1. The van der Waals surface area contributed by atoms with Crippen molar-refractivity contribution in [3.63, 3.8) is 0 Å². The number of anilines is 2. The number of H-pyrrole nitrogens is 1. The maximum atomic E-state index is 12.5. The standard InChI is InChI=1S/C23H22N6O/c30-23-20-17(8-13-27-23)14-19(21-25-9-1-10-26-21)29-22(20)28-18-4-2-15(3-5-18)16-6-11-24-12-7-16/h1-5,8-10,13-14,16,24H,6-7,11-12H2,(H,27,30)(H,28,29). The van der Waals surface area contributed by atoms with Gasteiger partial charge in [-0.1, -0.05) is 12.1 Å². The van der Waals surface area contributed by atoms with E-state index >= 15 is 0 Å². The van der Waals surface area contributed by atoms with Gasteiger partial charge in [-0.15, -0.1) is 0 Å². The van der Waals surface area contributed by atoms with Crippen molar-refractivity contribution >= 4 is 22.3 Å². The van der Waals surface area contributed by atoms with Gasteiger partial charge in [0.2, 0.25) is 0 Å². The molecule has 1 aromatic carbocycles. The van der Waals surface area contributed by atoms with Gasteiger partial charge in [0.1, 0.15) is 11.5 Å². The van der Waals surface area contributed by atoms with E-state index in [9.17, 15) is 4.79 Å². The minimum atomic E-state index is -0.186. The molecule has 0 radical (unpaired) electrons. The van der Waals surface area contributed by atoms with Crippen LogP contribution >= 0.6 is 0 Å². The molecule has 1 saturated heterocycles. The Balaban J connectivity index is 1.52. The average molecular weight is 398 g/mol. The summed E-state index contributed by atoms with van der Waals surface area (Å²) in [5, 5.41) is 8.03. The third-order valence-electron chi connectivity index (χ3n) is 5.53. The molecular weight excluding hydrogens is 376 g/mol. The maximum absolute atomic E-state index is 12.5. The minimum Gasteiger partial charge on any atom is -0.340 e. The molecule has 1 aliphatic rings. The van der Waals surface area contributed by atoms with Crippen LogP contribution in [0, 0.1) is 0 Å². The Hall–Kier alpha value is -3.58. The highest BCUT2D eigenvalue weighted by Gasteiger charge is 2.16. The Bertz CT molecular complexity index is 1210. The van der Waals surface area contributed by atoms with E-state index in [1.165, 1.54) is 5.56 Å². The number of nitrogens with zero attached hydrogens (tertiary/aromatic N) is 3. The zero-order chi connectivity index (χ0) is 20.3. The van der Waals surface area contributed by atoms with Crippen molar-refractivity contribution in [1.29, 1.82) is 0 Å². The summed E-state index contributed by atoms with van der Waals surface area (Å²) in [5.74, 6) is 1.61. The van der Waals surface area contributed by atoms with Crippen LogP contribution in [0.1, 0.15) is 24.3 Å². The maximum Gasteiger partial charge on any atom is 0.259 e. The Morgan fingerprint density at radius 1 is 1.00 bits per heavy atom. The molecule has 4 aromatic rings. The molecule has 0 unspecified atom stereocenters. The number of rotatable bonds is 4. The SMILES string of the molecule is O=c1[nH]ccc2cc(-c3ncccn3)nc(Nc3ccc(C4CCNCC4)cc3)c12. The summed E-state index contributed by atoms with van der Waals surface area (Å²) in [5.41, 5.74) is 2.66. The van der Waals surface area contributed by atoms with Gasteiger partial charge in [0.05, 0.1) is 5.39 Å². The second kappa shape index (κ2) is 8.04. The molecule has 0 spiro atoms. The molecule has 1 fully saturated rings. The highest BCUT2D eigenvalue weighted by atomic mass is 16.1. The van der Waals surface area contributed by atoms with E-state index < -0.39 is 0 Å². The number of fused-ring (bicyclic) bond motifs is 1. The first kappa shape index (κ1) is 18.4. The number of aromatic nitrogens is 4. The van der Waals surface area contributed by atoms with Gasteiger partial charge in [0.15, 0.2) is 5.82 Å². The molecule has 5 rings (SSSR count). The van der Waals surface area contributed by atoms with Gasteiger partial charge in [-0.2, -0.15) is 0 Å². The molecule has 0 aliphatic carbocycles. The van der Waals surface area contributed by atoms with Gasteiger partial charge >= 0.3 is 0 Å². The topological polar surface area (TPSA) is 95.6 Å². The summed E-state index contributed by atoms with van der Waals surface area (Å²) in [7, 11) is 0. The lowest BCUT2D eigenvalue weighted by atomic mass is 9.90. The van der Waals surface area contributed by atoms with Gasteiger partial charge in [-0.05, 0) is 73.1 Å². The van der Waals surface area contributed by atoms with Crippen molar-refractivity contribution in [2.75, 3.05) is 18.4 Å². The largest absolute Gasteiger partial charge is 0.340 e. The Morgan fingerprint density at radius 2 is 1.77 bits per heavy atom. The molecule has 7 heteroatoms. The van der Waals surface area contributed by atoms with E-state index in [0.717, 1.165) is 37.0 Å². The van der Waals surface area contributed by atoms with Gasteiger partial charge in [0, 0.05) is 24.3 Å². The minimum absolute atomic E-state index is 0.186. The fraction of sp³-hybridized carbons (Fsp3) is 0.217. The zero-order valence-corrected chi connectivity index (χ0v) is 16.4. The van der Waals surface area contributed by atoms with Crippen LogP contribution in [-0.4, -0.2) is 33.0 Å². The predicted octanol–water partition coefficient (Wildman–Crippen LogP) is 3.59. The van der Waals surface area contributed by atoms with Crippen molar-refractivity contribution in [3.8, 4) is 11.5 Å². The number of pyridine rings is 2. The first-order valence-corrected chi connectivity index (χ1v) is 10.2. The highest BCUT2D eigenvalue weighted by Crippen LogP contribution is 2.29. The molecule has 4 heterocycles. The fourth-order valence-corrected chi connectivity index (χ4v) is 3.98. The number of hydrogen-bond acceptors (Lipinski definition) is 6. The van der Waals surface area contributed by atoms with Crippen molar-refractivity contribution in [2.24, 2.45) is 0 Å². The summed E-state index contributed by atoms with van der Waals surface area (Å²) in [4.78, 5) is 28.5. The van der Waals surface area contributed by atoms with E-state index in [0.29, 0.717) is 28.6 Å². The van der Waals surface area contributed by atoms with Crippen LogP contribution in [-0.2, 0) is 0 Å². The lowest BCUT2D eigenvalue weighted by Gasteiger charge is -2.23. The number of nitrogens with one attached hydrogen (secondary N) is 3. The quantitative estimate of drug-likeness (QED) is 0.486. The van der Waals surface area contributed by atoms with Crippen LogP contribution in [0.3, 0.4) is 0 Å². The molecule has 30 heavy (non-hydrogen) atoms. The first-order chi connectivity index (χ1) is 14.8. The summed E-state index contributed by atoms with van der Waals surface area (Å²) < 4.78 is 0. The molecule has 1 aliphatic heterocycles. The van der Waals surface area contributed by atoms with Gasteiger partial charge in [0.25, 0.3) is 5.56 Å². The summed E-state index contributed by atoms with van der Waals surface area (Å²) in [6, 6.07) is 13.9. The van der Waals surface area contributed by atoms with Crippen LogP contribution in [0.25, 0.3) is 22.3 Å². The van der Waals surface area contributed by atoms with Gasteiger partial charge < -0.3 is 15.6 Å². The molecule has 0 saturated carbocycles. The Kier molecular flexibility index (Phi) is 4.94. The molecule has 0 amide bonds. The third kappa shape index (κ3) is 3.67. The van der Waals surface area contributed by atoms with Crippen LogP contribution in [0.15, 0.2) is 65.8 Å². The van der Waals surface area contributed by atoms with E-state index in [2.05, 4.69) is 42.7 Å². The van der Waals surface area contributed by atoms with Gasteiger partial charge in [-0.25, -0.2) is 15.0 Å². The van der Waals surface area contributed by atoms with Crippen LogP contribution in [0.2, 0.25) is 0 Å². The van der Waals surface area contributed by atoms with E-state index in [1.54, 1.807) is 24.7 Å². The van der Waals surface area contributed by atoms with Crippen LogP contribution in [0.4, 0.5) is 11.5 Å². The van der Waals surface area contributed by atoms with Gasteiger partial charge in [-0.3, -0.25) is 4.79 Å². The van der Waals surface area contributed by atoms with E-state index in [1.807, 2.05) is 24.3 Å². The molecule has 0 atom stereocenters. The normalized spacial score (nSPS) is 14.7. The van der Waals surface area contributed by atoms with Crippen LogP contribution in [0.5, 0.6) is 0 Å². The molecule has 3 N–H and O–H groups in total. The monoisotopic (exact) mass is 398 g/mol. The number of hydrogen-bond donors (Lipinski definition) is 3. The van der Waals surface area contributed by atoms with E-state index in [4.69, 9.17) is 0 Å². The molecule has 150 valence electrons. The second-order valence-electron chi connectivity index (χ2n) is 7.47. The molecule has 0 bridgehead atoms. The molecule has 3 aromatic heterocycles. The van der Waals surface area contributed by atoms with Crippen LogP contribution < -0.4 is 16.2 Å². The Labute approximate surface area is 173 Å². The second-order valence-corrected chi connectivity index (χ2v) is 7.47. The smallest absolute Gasteiger partial charge is 0.259 e. The first-order valence-electron chi connectivity index (χ1n) is 10.2. The number of benzene rings is 1. The number of piperidine rings is 1. The predicted molar refractivity (Wildman–Crippen MR) is 118 cm³/mol. The van der Waals surface area contributed by atoms with Crippen molar-refractivity contribution in [3.05, 3.63) is 77.0 Å². The Morgan fingerprint density at radius 3 is 2.53 bits per heavy atom. The molecular formula is C23H22N6O. The summed E-state index contributed by atoms with van der Waals surface area (Å²) in [6.07, 6.45) is 7.32. The molecule has 7 nitrogen and oxygen atoms in total. The highest BCUT2D eigenvalue weighted by molar-refractivity contribution is 5.94. The summed E-state index contributed by atoms with van der Waals surface area (Å²) in [6.45, 7) is 2.13. The third-order valence-corrected chi connectivity index (χ3v) is 5.53. The van der Waals surface area contributed by atoms with Crippen molar-refractivity contribution < 1.29 is 0 Å². The average Bonchev–Trinajstić information content (AvgIpc) is 2.81. The lowest BCUT2D eigenvalue weighted by Crippen LogP contribution is -2.26.